The maximum atomic E-state index is 2.57. The molecule has 9 rings (SSSR count). The smallest absolute Gasteiger partial charge is 0.0559 e. The van der Waals surface area contributed by atoms with Gasteiger partial charge < -0.3 is 4.90 Å². The Morgan fingerprint density at radius 3 is 2.24 bits per heavy atom. The number of rotatable bonds is 10. The molecule has 2 heteroatoms. The van der Waals surface area contributed by atoms with Gasteiger partial charge in [0.25, 0.3) is 0 Å². The molecule has 4 aliphatic carbocycles. The highest BCUT2D eigenvalue weighted by Gasteiger charge is 2.41. The van der Waals surface area contributed by atoms with Crippen molar-refractivity contribution in [3.8, 4) is 11.1 Å². The van der Waals surface area contributed by atoms with Crippen LogP contribution in [0.25, 0.3) is 28.9 Å². The van der Waals surface area contributed by atoms with Crippen molar-refractivity contribution >= 4 is 35.2 Å². The Hall–Kier alpha value is -5.05. The Morgan fingerprint density at radius 1 is 0.727 bits per heavy atom. The fourth-order valence-corrected chi connectivity index (χ4v) is 10.6. The van der Waals surface area contributed by atoms with Gasteiger partial charge >= 0.3 is 0 Å². The summed E-state index contributed by atoms with van der Waals surface area (Å²) in [6.45, 7) is 4.76. The lowest BCUT2D eigenvalue weighted by Gasteiger charge is -2.36. The Labute approximate surface area is 333 Å². The molecule has 4 aromatic carbocycles. The summed E-state index contributed by atoms with van der Waals surface area (Å²) < 4.78 is 0. The zero-order valence-electron chi connectivity index (χ0n) is 32.2. The van der Waals surface area contributed by atoms with Gasteiger partial charge in [-0.3, -0.25) is 0 Å². The molecule has 5 aliphatic rings. The van der Waals surface area contributed by atoms with E-state index < -0.39 is 0 Å². The van der Waals surface area contributed by atoms with E-state index in [1.165, 1.54) is 67.0 Å². The molecule has 0 fully saturated rings. The van der Waals surface area contributed by atoms with Crippen LogP contribution in [-0.2, 0) is 5.41 Å². The number of thioether (sulfide) groups is 1. The van der Waals surface area contributed by atoms with Gasteiger partial charge in [0.15, 0.2) is 0 Å². The summed E-state index contributed by atoms with van der Waals surface area (Å²) in [5.74, 6) is 0.409. The SMILES string of the molecule is CCC1(CC)c2cc(/C=C/c3ccc(C4=CC(c5ccccc5)CC=C4C4CC=CS4)cc3)ccc2-c2ccc(N(C3=CCCC=C3)C3C=CC=CC3)cc21. The monoisotopic (exact) mass is 733 g/mol. The van der Waals surface area contributed by atoms with E-state index in [9.17, 15) is 0 Å². The summed E-state index contributed by atoms with van der Waals surface area (Å²) in [5.41, 5.74) is 16.4. The summed E-state index contributed by atoms with van der Waals surface area (Å²) in [5, 5.41) is 2.78. The molecule has 1 aliphatic heterocycles. The highest BCUT2D eigenvalue weighted by Crippen LogP contribution is 2.54. The van der Waals surface area contributed by atoms with Crippen molar-refractivity contribution in [2.75, 3.05) is 4.90 Å². The molecule has 55 heavy (non-hydrogen) atoms. The van der Waals surface area contributed by atoms with Crippen LogP contribution in [0.4, 0.5) is 5.69 Å². The molecular weight excluding hydrogens is 683 g/mol. The van der Waals surface area contributed by atoms with Gasteiger partial charge in [-0.1, -0.05) is 160 Å². The first kappa shape index (κ1) is 35.6. The number of hydrogen-bond donors (Lipinski definition) is 0. The van der Waals surface area contributed by atoms with E-state index in [1.807, 2.05) is 11.8 Å². The largest absolute Gasteiger partial charge is 0.335 e. The van der Waals surface area contributed by atoms with Crippen LogP contribution in [0.1, 0.15) is 98.1 Å². The Morgan fingerprint density at radius 2 is 1.51 bits per heavy atom. The van der Waals surface area contributed by atoms with Crippen LogP contribution in [0.3, 0.4) is 0 Å². The van der Waals surface area contributed by atoms with Crippen molar-refractivity contribution < 1.29 is 0 Å². The van der Waals surface area contributed by atoms with Gasteiger partial charge in [-0.25, -0.2) is 0 Å². The minimum atomic E-state index is -0.0133. The van der Waals surface area contributed by atoms with Gasteiger partial charge in [0.05, 0.1) is 6.04 Å². The Kier molecular flexibility index (Phi) is 10.1. The highest BCUT2D eigenvalue weighted by molar-refractivity contribution is 8.03. The molecule has 0 amide bonds. The van der Waals surface area contributed by atoms with Crippen LogP contribution in [0.15, 0.2) is 168 Å². The van der Waals surface area contributed by atoms with Crippen LogP contribution >= 0.6 is 11.8 Å². The first-order valence-electron chi connectivity index (χ1n) is 20.5. The lowest BCUT2D eigenvalue weighted by Crippen LogP contribution is -2.34. The maximum Gasteiger partial charge on any atom is 0.0559 e. The fraction of sp³-hybridized carbons (Fsp3) is 0.245. The van der Waals surface area contributed by atoms with Crippen molar-refractivity contribution in [2.24, 2.45) is 0 Å². The van der Waals surface area contributed by atoms with Crippen molar-refractivity contribution in [3.05, 3.63) is 202 Å². The third-order valence-electron chi connectivity index (χ3n) is 12.6. The molecular formula is C53H51NS. The molecule has 0 bridgehead atoms. The average molecular weight is 734 g/mol. The van der Waals surface area contributed by atoms with E-state index in [1.54, 1.807) is 0 Å². The number of allylic oxidation sites excluding steroid dienone is 9. The zero-order chi connectivity index (χ0) is 37.2. The lowest BCUT2D eigenvalue weighted by atomic mass is 9.73. The van der Waals surface area contributed by atoms with Crippen LogP contribution in [0.2, 0.25) is 0 Å². The number of anilines is 1. The molecule has 1 heterocycles. The predicted molar refractivity (Wildman–Crippen MR) is 239 cm³/mol. The van der Waals surface area contributed by atoms with Crippen LogP contribution < -0.4 is 4.90 Å². The van der Waals surface area contributed by atoms with Crippen molar-refractivity contribution in [3.63, 3.8) is 0 Å². The van der Waals surface area contributed by atoms with E-state index in [0.29, 0.717) is 17.2 Å². The third kappa shape index (κ3) is 6.80. The van der Waals surface area contributed by atoms with Crippen molar-refractivity contribution in [1.82, 2.24) is 0 Å². The molecule has 0 saturated heterocycles. The summed E-state index contributed by atoms with van der Waals surface area (Å²) in [4.78, 5) is 2.57. The second kappa shape index (κ2) is 15.6. The normalized spacial score (nSPS) is 22.0. The van der Waals surface area contributed by atoms with Crippen LogP contribution in [-0.4, -0.2) is 11.3 Å². The molecule has 4 aromatic rings. The molecule has 0 radical (unpaired) electrons. The van der Waals surface area contributed by atoms with E-state index in [0.717, 1.165) is 44.9 Å². The Bertz CT molecular complexity index is 2300. The Balaban J connectivity index is 0.994. The van der Waals surface area contributed by atoms with Crippen molar-refractivity contribution in [1.29, 1.82) is 0 Å². The van der Waals surface area contributed by atoms with Gasteiger partial charge in [-0.05, 0) is 124 Å². The molecule has 3 unspecified atom stereocenters. The third-order valence-corrected chi connectivity index (χ3v) is 13.7. The summed E-state index contributed by atoms with van der Waals surface area (Å²) in [6.07, 6.45) is 35.6. The topological polar surface area (TPSA) is 3.24 Å². The van der Waals surface area contributed by atoms with Gasteiger partial charge in [0.1, 0.15) is 0 Å². The van der Waals surface area contributed by atoms with E-state index >= 15 is 0 Å². The number of hydrogen-bond acceptors (Lipinski definition) is 2. The maximum absolute atomic E-state index is 2.57. The highest BCUT2D eigenvalue weighted by atomic mass is 32.2. The van der Waals surface area contributed by atoms with Crippen LogP contribution in [0.5, 0.6) is 0 Å². The van der Waals surface area contributed by atoms with E-state index in [2.05, 4.69) is 188 Å². The lowest BCUT2D eigenvalue weighted by molar-refractivity contribution is 0.490. The van der Waals surface area contributed by atoms with E-state index in [4.69, 9.17) is 0 Å². The summed E-state index contributed by atoms with van der Waals surface area (Å²) in [7, 11) is 0. The fourth-order valence-electron chi connectivity index (χ4n) is 9.62. The molecule has 274 valence electrons. The first-order valence-corrected chi connectivity index (χ1v) is 21.4. The number of benzene rings is 4. The first-order chi connectivity index (χ1) is 27.1. The molecule has 3 atom stereocenters. The van der Waals surface area contributed by atoms with Gasteiger partial charge in [-0.15, -0.1) is 11.8 Å². The number of nitrogens with zero attached hydrogens (tertiary/aromatic N) is 1. The molecule has 0 aromatic heterocycles. The molecule has 0 saturated carbocycles. The van der Waals surface area contributed by atoms with E-state index in [-0.39, 0.29) is 5.41 Å². The second-order valence-electron chi connectivity index (χ2n) is 15.6. The van der Waals surface area contributed by atoms with Gasteiger partial charge in [0, 0.05) is 28.0 Å². The predicted octanol–water partition coefficient (Wildman–Crippen LogP) is 14.4. The average Bonchev–Trinajstić information content (AvgIpc) is 3.89. The van der Waals surface area contributed by atoms with Crippen molar-refractivity contribution in [2.45, 2.75) is 81.4 Å². The van der Waals surface area contributed by atoms with Gasteiger partial charge in [-0.2, -0.15) is 0 Å². The second-order valence-corrected chi connectivity index (χ2v) is 16.7. The summed E-state index contributed by atoms with van der Waals surface area (Å²) in [6, 6.07) is 35.0. The molecule has 1 nitrogen and oxygen atoms in total. The molecule has 0 N–H and O–H groups in total. The standard InChI is InChI=1S/C53H51NS/c1-3-53(4-2)50-35-39(26-31-46(50)47-33-30-45(37-51(47)53)54(43-17-10-6-11-18-43)44-19-12-7-13-20-44)23-22-38-24-27-41(28-25-38)49-36-42(40-15-8-5-9-16-40)29-32-48(49)52-21-14-34-55-52/h5-6,8-12,14-17,19-20,22-28,30-37,42-43,52H,3-4,7,13,18,21,29H2,1-2H3/b23-22+. The van der Waals surface area contributed by atoms with Gasteiger partial charge in [0.2, 0.25) is 0 Å². The minimum absolute atomic E-state index is 0.0133. The zero-order valence-corrected chi connectivity index (χ0v) is 33.0. The molecule has 0 spiro atoms. The summed E-state index contributed by atoms with van der Waals surface area (Å²) >= 11 is 1.96. The van der Waals surface area contributed by atoms with Crippen LogP contribution in [0, 0.1) is 0 Å². The quantitative estimate of drug-likeness (QED) is 0.149. The minimum Gasteiger partial charge on any atom is -0.335 e. The number of fused-ring (bicyclic) bond motifs is 3.